The third-order valence-electron chi connectivity index (χ3n) is 4.21. The Morgan fingerprint density at radius 3 is 2.46 bits per heavy atom. The molecule has 7 heteroatoms. The molecule has 6 nitrogen and oxygen atoms in total. The number of amides is 2. The number of carbonyl (C=O) groups excluding carboxylic acids is 1. The average Bonchev–Trinajstić information content (AvgIpc) is 2.60. The number of likely N-dealkylation sites (tertiary alicyclic amines) is 1. The van der Waals surface area contributed by atoms with Crippen LogP contribution in [0.1, 0.15) is 39.0 Å². The van der Waals surface area contributed by atoms with E-state index in [0.29, 0.717) is 32.5 Å². The molecule has 1 aromatic carbocycles. The predicted octanol–water partition coefficient (Wildman–Crippen LogP) is 2.33. The molecule has 0 aromatic heterocycles. The zero-order valence-electron chi connectivity index (χ0n) is 14.2. The van der Waals surface area contributed by atoms with Crippen LogP contribution >= 0.6 is 0 Å². The molecule has 0 aliphatic carbocycles. The van der Waals surface area contributed by atoms with Crippen LogP contribution in [0.5, 0.6) is 0 Å². The maximum atomic E-state index is 12.3. The van der Waals surface area contributed by atoms with Crippen molar-refractivity contribution in [2.45, 2.75) is 50.0 Å². The fourth-order valence-electron chi connectivity index (χ4n) is 2.77. The second-order valence-corrected chi connectivity index (χ2v) is 7.85. The van der Waals surface area contributed by atoms with Crippen molar-refractivity contribution < 1.29 is 13.2 Å². The van der Waals surface area contributed by atoms with Gasteiger partial charge in [0.15, 0.2) is 0 Å². The van der Waals surface area contributed by atoms with Gasteiger partial charge in [0.25, 0.3) is 0 Å². The lowest BCUT2D eigenvalue weighted by Gasteiger charge is -2.32. The van der Waals surface area contributed by atoms with Gasteiger partial charge < -0.3 is 10.2 Å². The molecule has 1 aliphatic heterocycles. The Bertz CT molecular complexity index is 611. The van der Waals surface area contributed by atoms with Crippen molar-refractivity contribution in [1.82, 2.24) is 14.9 Å². The molecule has 2 N–H and O–H groups in total. The minimum Gasteiger partial charge on any atom is -0.338 e. The summed E-state index contributed by atoms with van der Waals surface area (Å²) in [4.78, 5) is 14.1. The average molecular weight is 353 g/mol. The van der Waals surface area contributed by atoms with Crippen molar-refractivity contribution in [1.29, 1.82) is 0 Å². The van der Waals surface area contributed by atoms with Gasteiger partial charge in [-0.1, -0.05) is 38.0 Å². The van der Waals surface area contributed by atoms with Crippen molar-refractivity contribution in [3.05, 3.63) is 30.3 Å². The van der Waals surface area contributed by atoms with E-state index in [2.05, 4.69) is 17.0 Å². The Kier molecular flexibility index (Phi) is 7.05. The number of rotatable bonds is 7. The monoisotopic (exact) mass is 353 g/mol. The molecular formula is C17H27N3O3S. The molecule has 1 aromatic rings. The molecule has 0 spiro atoms. The van der Waals surface area contributed by atoms with Gasteiger partial charge in [0, 0.05) is 25.7 Å². The van der Waals surface area contributed by atoms with Gasteiger partial charge in [0.05, 0.1) is 4.90 Å². The minimum atomic E-state index is -3.49. The third-order valence-corrected chi connectivity index (χ3v) is 5.75. The first-order chi connectivity index (χ1) is 11.5. The normalized spacial score (nSPS) is 16.1. The van der Waals surface area contributed by atoms with Crippen LogP contribution in [0.15, 0.2) is 35.2 Å². The lowest BCUT2D eigenvalue weighted by molar-refractivity contribution is 0.180. The van der Waals surface area contributed by atoms with Gasteiger partial charge in [0.2, 0.25) is 10.0 Å². The molecule has 0 saturated carbocycles. The topological polar surface area (TPSA) is 78.5 Å². The largest absolute Gasteiger partial charge is 0.338 e. The summed E-state index contributed by atoms with van der Waals surface area (Å²) in [5.74, 6) is 0. The van der Waals surface area contributed by atoms with Crippen LogP contribution < -0.4 is 10.0 Å². The van der Waals surface area contributed by atoms with E-state index in [9.17, 15) is 13.2 Å². The van der Waals surface area contributed by atoms with E-state index in [0.717, 1.165) is 19.3 Å². The van der Waals surface area contributed by atoms with E-state index < -0.39 is 10.0 Å². The number of hydrogen-bond acceptors (Lipinski definition) is 3. The van der Waals surface area contributed by atoms with Crippen LogP contribution in [0.4, 0.5) is 4.79 Å². The maximum Gasteiger partial charge on any atom is 0.317 e. The van der Waals surface area contributed by atoms with Crippen molar-refractivity contribution in [2.75, 3.05) is 19.6 Å². The van der Waals surface area contributed by atoms with Crippen molar-refractivity contribution >= 4 is 16.1 Å². The summed E-state index contributed by atoms with van der Waals surface area (Å²) in [7, 11) is -3.49. The SMILES string of the molecule is CCCCCNC(=O)N1CCC(NS(=O)(=O)c2ccccc2)CC1. The fraction of sp³-hybridized carbons (Fsp3) is 0.588. The van der Waals surface area contributed by atoms with Gasteiger partial charge in [-0.05, 0) is 31.4 Å². The van der Waals surface area contributed by atoms with Crippen LogP contribution in [-0.4, -0.2) is 45.0 Å². The van der Waals surface area contributed by atoms with E-state index in [4.69, 9.17) is 0 Å². The Morgan fingerprint density at radius 1 is 1.17 bits per heavy atom. The number of unbranched alkanes of at least 4 members (excludes halogenated alkanes) is 2. The van der Waals surface area contributed by atoms with Crippen molar-refractivity contribution in [3.63, 3.8) is 0 Å². The molecular weight excluding hydrogens is 326 g/mol. The summed E-state index contributed by atoms with van der Waals surface area (Å²) in [5, 5.41) is 2.92. The summed E-state index contributed by atoms with van der Waals surface area (Å²) in [6.45, 7) is 3.97. The molecule has 0 bridgehead atoms. The third kappa shape index (κ3) is 5.49. The van der Waals surface area contributed by atoms with Crippen LogP contribution in [0, 0.1) is 0 Å². The van der Waals surface area contributed by atoms with Gasteiger partial charge in [-0.3, -0.25) is 0 Å². The molecule has 0 radical (unpaired) electrons. The molecule has 1 heterocycles. The van der Waals surface area contributed by atoms with Gasteiger partial charge in [-0.15, -0.1) is 0 Å². The Morgan fingerprint density at radius 2 is 1.83 bits per heavy atom. The molecule has 2 amide bonds. The number of carbonyl (C=O) groups is 1. The molecule has 1 fully saturated rings. The fourth-order valence-corrected chi connectivity index (χ4v) is 4.10. The standard InChI is InChI=1S/C17H27N3O3S/c1-2-3-7-12-18-17(21)20-13-10-15(11-14-20)19-24(22,23)16-8-5-4-6-9-16/h4-6,8-9,15,19H,2-3,7,10-14H2,1H3,(H,18,21). The number of nitrogens with zero attached hydrogens (tertiary/aromatic N) is 1. The molecule has 1 saturated heterocycles. The number of nitrogens with one attached hydrogen (secondary N) is 2. The first-order valence-corrected chi connectivity index (χ1v) is 10.1. The summed E-state index contributed by atoms with van der Waals surface area (Å²) >= 11 is 0. The number of piperidine rings is 1. The van der Waals surface area contributed by atoms with Gasteiger partial charge in [0.1, 0.15) is 0 Å². The quantitative estimate of drug-likeness (QED) is 0.739. The molecule has 134 valence electrons. The summed E-state index contributed by atoms with van der Waals surface area (Å²) in [6.07, 6.45) is 4.50. The number of sulfonamides is 1. The maximum absolute atomic E-state index is 12.3. The Balaban J connectivity index is 1.77. The van der Waals surface area contributed by atoms with Crippen molar-refractivity contribution in [3.8, 4) is 0 Å². The molecule has 0 atom stereocenters. The number of benzene rings is 1. The Hall–Kier alpha value is -1.60. The number of hydrogen-bond donors (Lipinski definition) is 2. The summed E-state index contributed by atoms with van der Waals surface area (Å²) in [5.41, 5.74) is 0. The number of urea groups is 1. The van der Waals surface area contributed by atoms with Gasteiger partial charge in [-0.25, -0.2) is 17.9 Å². The minimum absolute atomic E-state index is 0.0459. The van der Waals surface area contributed by atoms with E-state index >= 15 is 0 Å². The van der Waals surface area contributed by atoms with Crippen molar-refractivity contribution in [2.24, 2.45) is 0 Å². The second-order valence-electron chi connectivity index (χ2n) is 6.13. The zero-order chi connectivity index (χ0) is 17.4. The van der Waals surface area contributed by atoms with E-state index in [1.54, 1.807) is 35.2 Å². The smallest absolute Gasteiger partial charge is 0.317 e. The summed E-state index contributed by atoms with van der Waals surface area (Å²) < 4.78 is 27.4. The van der Waals surface area contributed by atoms with Crippen LogP contribution in [0.3, 0.4) is 0 Å². The lowest BCUT2D eigenvalue weighted by Crippen LogP contribution is -2.49. The Labute approximate surface area is 144 Å². The highest BCUT2D eigenvalue weighted by molar-refractivity contribution is 7.89. The summed E-state index contributed by atoms with van der Waals surface area (Å²) in [6, 6.07) is 8.20. The first kappa shape index (κ1) is 18.7. The highest BCUT2D eigenvalue weighted by Gasteiger charge is 2.26. The highest BCUT2D eigenvalue weighted by Crippen LogP contribution is 2.15. The molecule has 2 rings (SSSR count). The van der Waals surface area contributed by atoms with Gasteiger partial charge >= 0.3 is 6.03 Å². The molecule has 1 aliphatic rings. The van der Waals surface area contributed by atoms with Gasteiger partial charge in [-0.2, -0.15) is 0 Å². The second kappa shape index (κ2) is 9.03. The van der Waals surface area contributed by atoms with Crippen LogP contribution in [0.25, 0.3) is 0 Å². The van der Waals surface area contributed by atoms with E-state index in [1.165, 1.54) is 0 Å². The lowest BCUT2D eigenvalue weighted by atomic mass is 10.1. The zero-order valence-corrected chi connectivity index (χ0v) is 15.0. The van der Waals surface area contributed by atoms with E-state index in [-0.39, 0.29) is 17.0 Å². The van der Waals surface area contributed by atoms with E-state index in [1.807, 2.05) is 0 Å². The van der Waals surface area contributed by atoms with Crippen LogP contribution in [0.2, 0.25) is 0 Å². The molecule has 0 unspecified atom stereocenters. The first-order valence-electron chi connectivity index (χ1n) is 8.63. The van der Waals surface area contributed by atoms with Crippen LogP contribution in [-0.2, 0) is 10.0 Å². The highest BCUT2D eigenvalue weighted by atomic mass is 32.2. The molecule has 24 heavy (non-hydrogen) atoms. The predicted molar refractivity (Wildman–Crippen MR) is 94.3 cm³/mol.